The van der Waals surface area contributed by atoms with Gasteiger partial charge in [-0.15, -0.1) is 0 Å². The molecule has 1 unspecified atom stereocenters. The summed E-state index contributed by atoms with van der Waals surface area (Å²) in [5.41, 5.74) is 7.68. The van der Waals surface area contributed by atoms with Gasteiger partial charge in [0.1, 0.15) is 5.78 Å². The van der Waals surface area contributed by atoms with Crippen molar-refractivity contribution in [2.75, 3.05) is 11.6 Å². The van der Waals surface area contributed by atoms with E-state index in [4.69, 9.17) is 22.7 Å². The van der Waals surface area contributed by atoms with Crippen LogP contribution in [0.4, 0.5) is 5.69 Å². The van der Waals surface area contributed by atoms with Gasteiger partial charge >= 0.3 is 0 Å². The topological polar surface area (TPSA) is 79.0 Å². The summed E-state index contributed by atoms with van der Waals surface area (Å²) in [6, 6.07) is 1.79. The van der Waals surface area contributed by atoms with Crippen LogP contribution in [0.2, 0.25) is 5.02 Å². The SMILES string of the molecule is N=Cc1c(NPI)cc(Cl)c(CCC(=O)CN)c1Br. The number of Topliss-reactive ketones (excluding diaryl/α,β-unsaturated/α-hetero) is 1. The Morgan fingerprint density at radius 2 is 2.37 bits per heavy atom. The maximum Gasteiger partial charge on any atom is 0.146 e. The molecule has 104 valence electrons. The number of nitrogens with one attached hydrogen (secondary N) is 2. The van der Waals surface area contributed by atoms with Gasteiger partial charge in [0.2, 0.25) is 0 Å². The third-order valence-corrected chi connectivity index (χ3v) is 4.97. The number of carbonyl (C=O) groups is 1. The van der Waals surface area contributed by atoms with Crippen LogP contribution in [-0.2, 0) is 11.2 Å². The average Bonchev–Trinajstić information content (AvgIpc) is 2.38. The molecule has 0 bridgehead atoms. The lowest BCUT2D eigenvalue weighted by Gasteiger charge is -2.14. The molecule has 0 aliphatic rings. The molecule has 0 heterocycles. The van der Waals surface area contributed by atoms with Crippen LogP contribution in [0.25, 0.3) is 0 Å². The summed E-state index contributed by atoms with van der Waals surface area (Å²) in [7, 11) is 0. The maximum absolute atomic E-state index is 11.3. The second-order valence-corrected chi connectivity index (χ2v) is 6.98. The highest BCUT2D eigenvalue weighted by Gasteiger charge is 2.15. The van der Waals surface area contributed by atoms with Crippen molar-refractivity contribution in [1.29, 1.82) is 5.41 Å². The normalized spacial score (nSPS) is 10.9. The highest BCUT2D eigenvalue weighted by molar-refractivity contribution is 14.2. The minimum Gasteiger partial charge on any atom is -0.358 e. The predicted octanol–water partition coefficient (Wildman–Crippen LogP) is 3.92. The molecule has 19 heavy (non-hydrogen) atoms. The molecule has 4 N–H and O–H groups in total. The van der Waals surface area contributed by atoms with Crippen LogP contribution in [0.5, 0.6) is 0 Å². The molecule has 0 saturated carbocycles. The molecule has 0 amide bonds. The van der Waals surface area contributed by atoms with Crippen molar-refractivity contribution >= 4 is 73.6 Å². The Morgan fingerprint density at radius 1 is 1.68 bits per heavy atom. The molecule has 1 atom stereocenters. The fraction of sp³-hybridized carbons (Fsp3) is 0.273. The van der Waals surface area contributed by atoms with Crippen LogP contribution in [0.1, 0.15) is 17.5 Å². The van der Waals surface area contributed by atoms with E-state index in [1.165, 1.54) is 6.21 Å². The molecule has 0 aliphatic carbocycles. The third kappa shape index (κ3) is 4.63. The molecule has 1 aromatic rings. The van der Waals surface area contributed by atoms with E-state index in [9.17, 15) is 4.79 Å². The summed E-state index contributed by atoms with van der Waals surface area (Å²) < 4.78 is 0.761. The highest BCUT2D eigenvalue weighted by Crippen LogP contribution is 2.37. The number of hydrogen-bond acceptors (Lipinski definition) is 4. The summed E-state index contributed by atoms with van der Waals surface area (Å²) >= 11 is 11.9. The maximum atomic E-state index is 11.3. The largest absolute Gasteiger partial charge is 0.358 e. The van der Waals surface area contributed by atoms with Gasteiger partial charge in [0.05, 0.1) is 6.54 Å². The molecule has 0 radical (unpaired) electrons. The van der Waals surface area contributed by atoms with E-state index in [0.717, 1.165) is 21.3 Å². The predicted molar refractivity (Wildman–Crippen MR) is 95.4 cm³/mol. The Balaban J connectivity index is 3.11. The van der Waals surface area contributed by atoms with Crippen LogP contribution >= 0.6 is 55.9 Å². The quantitative estimate of drug-likeness (QED) is 0.317. The highest BCUT2D eigenvalue weighted by atomic mass is 127. The number of hydrogen-bond donors (Lipinski definition) is 3. The van der Waals surface area contributed by atoms with E-state index < -0.39 is 0 Å². The Morgan fingerprint density at radius 3 is 2.89 bits per heavy atom. The second kappa shape index (κ2) is 8.52. The Hall–Kier alpha value is 0.250. The summed E-state index contributed by atoms with van der Waals surface area (Å²) in [6.45, 7) is 0.0439. The molecule has 0 aliphatic heterocycles. The zero-order valence-electron chi connectivity index (χ0n) is 9.90. The zero-order valence-corrected chi connectivity index (χ0v) is 15.4. The van der Waals surface area contributed by atoms with Gasteiger partial charge in [-0.1, -0.05) is 11.6 Å². The molecule has 1 aromatic carbocycles. The Labute approximate surface area is 140 Å². The van der Waals surface area contributed by atoms with Crippen molar-refractivity contribution in [2.24, 2.45) is 5.73 Å². The molecule has 8 heteroatoms. The van der Waals surface area contributed by atoms with Crippen molar-refractivity contribution in [3.8, 4) is 0 Å². The van der Waals surface area contributed by atoms with Crippen LogP contribution in [0, 0.1) is 5.41 Å². The van der Waals surface area contributed by atoms with Gasteiger partial charge < -0.3 is 16.2 Å². The molecule has 4 nitrogen and oxygen atoms in total. The number of anilines is 1. The lowest BCUT2D eigenvalue weighted by molar-refractivity contribution is -0.117. The monoisotopic (exact) mass is 475 g/mol. The molecule has 0 saturated heterocycles. The van der Waals surface area contributed by atoms with Gasteiger partial charge in [-0.3, -0.25) is 4.79 Å². The van der Waals surface area contributed by atoms with Crippen LogP contribution < -0.4 is 10.8 Å². The van der Waals surface area contributed by atoms with Gasteiger partial charge in [0.15, 0.2) is 0 Å². The molecular formula is C11H13BrClIN3OP. The van der Waals surface area contributed by atoms with E-state index in [0.29, 0.717) is 24.2 Å². The van der Waals surface area contributed by atoms with E-state index in [2.05, 4.69) is 43.1 Å². The standard InChI is InChI=1S/C11H13BrClIN3OP/c12-11-7(2-1-6(18)4-15)9(13)3-10(17-19-14)8(11)5-16/h3,5,16-17,19H,1-2,4,15H2. The number of benzene rings is 1. The first kappa shape index (κ1) is 17.3. The van der Waals surface area contributed by atoms with Gasteiger partial charge in [-0.05, 0) is 56.0 Å². The second-order valence-electron chi connectivity index (χ2n) is 3.72. The fourth-order valence-electron chi connectivity index (χ4n) is 1.57. The summed E-state index contributed by atoms with van der Waals surface area (Å²) in [6.07, 6.45) is 2.63. The van der Waals surface area contributed by atoms with Gasteiger partial charge in [-0.25, -0.2) is 0 Å². The van der Waals surface area contributed by atoms with Gasteiger partial charge in [-0.2, -0.15) is 0 Å². The summed E-state index contributed by atoms with van der Waals surface area (Å²) in [4.78, 5) is 11.3. The minimum atomic E-state index is -0.00434. The van der Waals surface area contributed by atoms with E-state index >= 15 is 0 Å². The summed E-state index contributed by atoms with van der Waals surface area (Å²) in [5, 5.41) is 11.3. The average molecular weight is 476 g/mol. The molecular weight excluding hydrogens is 463 g/mol. The lowest BCUT2D eigenvalue weighted by atomic mass is 10.0. The first-order valence-electron chi connectivity index (χ1n) is 5.39. The van der Waals surface area contributed by atoms with Crippen LogP contribution in [0.15, 0.2) is 10.5 Å². The summed E-state index contributed by atoms with van der Waals surface area (Å²) in [5.74, 6) is -0.00434. The number of rotatable bonds is 7. The minimum absolute atomic E-state index is 0.00434. The van der Waals surface area contributed by atoms with Crippen molar-refractivity contribution in [2.45, 2.75) is 12.8 Å². The van der Waals surface area contributed by atoms with E-state index in [-0.39, 0.29) is 12.3 Å². The first-order chi connectivity index (χ1) is 9.04. The van der Waals surface area contributed by atoms with Crippen molar-refractivity contribution in [1.82, 2.24) is 0 Å². The van der Waals surface area contributed by atoms with E-state index in [1.54, 1.807) is 6.07 Å². The van der Waals surface area contributed by atoms with Crippen LogP contribution in [0.3, 0.4) is 0 Å². The molecule has 0 spiro atoms. The molecule has 0 aromatic heterocycles. The Kier molecular flexibility index (Phi) is 7.76. The Bertz CT molecular complexity index is 501. The number of ketones is 1. The molecule has 0 fully saturated rings. The number of nitrogens with two attached hydrogens (primary N) is 1. The van der Waals surface area contributed by atoms with Crippen LogP contribution in [-0.4, -0.2) is 18.5 Å². The van der Waals surface area contributed by atoms with Gasteiger partial charge in [0, 0.05) is 39.8 Å². The van der Waals surface area contributed by atoms with Crippen molar-refractivity contribution in [3.05, 3.63) is 26.7 Å². The molecule has 1 rings (SSSR count). The smallest absolute Gasteiger partial charge is 0.146 e. The number of halogens is 3. The first-order valence-corrected chi connectivity index (χ1v) is 10.7. The van der Waals surface area contributed by atoms with Crippen molar-refractivity contribution < 1.29 is 4.79 Å². The van der Waals surface area contributed by atoms with Gasteiger partial charge in [0.25, 0.3) is 0 Å². The van der Waals surface area contributed by atoms with Crippen molar-refractivity contribution in [3.63, 3.8) is 0 Å². The number of carbonyl (C=O) groups excluding carboxylic acids is 1. The van der Waals surface area contributed by atoms with E-state index in [1.807, 2.05) is 0 Å². The third-order valence-electron chi connectivity index (χ3n) is 2.56. The lowest BCUT2D eigenvalue weighted by Crippen LogP contribution is -2.14. The fourth-order valence-corrected chi connectivity index (χ4v) is 3.90. The zero-order chi connectivity index (χ0) is 14.4.